The van der Waals surface area contributed by atoms with Crippen molar-refractivity contribution in [2.24, 2.45) is 0 Å². The van der Waals surface area contributed by atoms with E-state index in [0.717, 1.165) is 16.0 Å². The minimum atomic E-state index is -0.501. The lowest BCUT2D eigenvalue weighted by Gasteiger charge is -2.12. The Kier molecular flexibility index (Phi) is 3.14. The highest BCUT2D eigenvalue weighted by molar-refractivity contribution is 6.08. The van der Waals surface area contributed by atoms with Crippen molar-refractivity contribution in [1.29, 1.82) is 0 Å². The summed E-state index contributed by atoms with van der Waals surface area (Å²) in [5.74, 6) is -0.583. The summed E-state index contributed by atoms with van der Waals surface area (Å²) in [7, 11) is 0. The van der Waals surface area contributed by atoms with Crippen molar-refractivity contribution in [3.63, 3.8) is 0 Å². The molecule has 1 aliphatic rings. The Bertz CT molecular complexity index is 521. The van der Waals surface area contributed by atoms with Crippen LogP contribution < -0.4 is 5.32 Å². The lowest BCUT2D eigenvalue weighted by atomic mass is 10.0. The molecule has 0 saturated carbocycles. The van der Waals surface area contributed by atoms with Crippen molar-refractivity contribution < 1.29 is 14.4 Å². The van der Waals surface area contributed by atoms with Gasteiger partial charge >= 0.3 is 6.03 Å². The number of rotatable bonds is 3. The molecule has 1 aliphatic heterocycles. The van der Waals surface area contributed by atoms with Gasteiger partial charge in [-0.1, -0.05) is 17.7 Å². The van der Waals surface area contributed by atoms with Crippen LogP contribution in [0.1, 0.15) is 21.5 Å². The molecule has 1 fully saturated rings. The van der Waals surface area contributed by atoms with E-state index < -0.39 is 6.03 Å². The highest BCUT2D eigenvalue weighted by Gasteiger charge is 2.30. The van der Waals surface area contributed by atoms with Gasteiger partial charge in [-0.2, -0.15) is 0 Å². The zero-order valence-electron chi connectivity index (χ0n) is 10.3. The van der Waals surface area contributed by atoms with E-state index in [1.54, 1.807) is 6.07 Å². The van der Waals surface area contributed by atoms with Crippen LogP contribution in [0.15, 0.2) is 18.2 Å². The largest absolute Gasteiger partial charge is 0.329 e. The smallest absolute Gasteiger partial charge is 0.325 e. The molecule has 0 spiro atoms. The third kappa shape index (κ3) is 2.25. The Balaban J connectivity index is 2.19. The number of nitrogens with one attached hydrogen (secondary N) is 1. The fourth-order valence-electron chi connectivity index (χ4n) is 1.88. The number of carbonyl (C=O) groups excluding carboxylic acids is 3. The highest BCUT2D eigenvalue weighted by Crippen LogP contribution is 2.13. The number of imide groups is 1. The molecule has 1 aromatic carbocycles. The summed E-state index contributed by atoms with van der Waals surface area (Å²) in [6, 6.07) is 5.04. The maximum absolute atomic E-state index is 12.1. The number of benzene rings is 1. The van der Waals surface area contributed by atoms with Gasteiger partial charge < -0.3 is 5.32 Å². The predicted octanol–water partition coefficient (Wildman–Crippen LogP) is 1.04. The Labute approximate surface area is 105 Å². The lowest BCUT2D eigenvalue weighted by Crippen LogP contribution is -2.36. The van der Waals surface area contributed by atoms with Crippen molar-refractivity contribution >= 4 is 17.7 Å². The van der Waals surface area contributed by atoms with Gasteiger partial charge in [-0.05, 0) is 25.5 Å². The van der Waals surface area contributed by atoms with E-state index in [0.29, 0.717) is 5.56 Å². The molecule has 0 atom stereocenters. The first kappa shape index (κ1) is 12.3. The summed E-state index contributed by atoms with van der Waals surface area (Å²) in [4.78, 5) is 35.8. The van der Waals surface area contributed by atoms with E-state index in [1.807, 2.05) is 26.0 Å². The summed E-state index contributed by atoms with van der Waals surface area (Å²) < 4.78 is 0. The molecular weight excluding hydrogens is 232 g/mol. The molecular formula is C13H14N2O3. The van der Waals surface area contributed by atoms with Crippen molar-refractivity contribution in [3.8, 4) is 0 Å². The van der Waals surface area contributed by atoms with Crippen LogP contribution in [0.5, 0.6) is 0 Å². The number of amides is 3. The van der Waals surface area contributed by atoms with Crippen LogP contribution in [0.3, 0.4) is 0 Å². The van der Waals surface area contributed by atoms with Crippen molar-refractivity contribution in [1.82, 2.24) is 10.2 Å². The van der Waals surface area contributed by atoms with Gasteiger partial charge in [-0.15, -0.1) is 0 Å². The Morgan fingerprint density at radius 1 is 1.33 bits per heavy atom. The molecule has 0 unspecified atom stereocenters. The van der Waals surface area contributed by atoms with Gasteiger partial charge in [0.05, 0.1) is 13.1 Å². The summed E-state index contributed by atoms with van der Waals surface area (Å²) in [5.41, 5.74) is 2.38. The van der Waals surface area contributed by atoms with Crippen LogP contribution in [0.4, 0.5) is 4.79 Å². The van der Waals surface area contributed by atoms with Gasteiger partial charge in [0.2, 0.25) is 5.91 Å². The molecule has 5 nitrogen and oxygen atoms in total. The van der Waals surface area contributed by atoms with Crippen LogP contribution in [0, 0.1) is 13.8 Å². The second-order valence-electron chi connectivity index (χ2n) is 4.38. The first-order chi connectivity index (χ1) is 8.49. The average molecular weight is 246 g/mol. The number of aryl methyl sites for hydroxylation is 2. The highest BCUT2D eigenvalue weighted by atomic mass is 16.2. The normalized spacial score (nSPS) is 14.9. The molecule has 5 heteroatoms. The van der Waals surface area contributed by atoms with Crippen LogP contribution in [-0.2, 0) is 4.79 Å². The molecule has 2 rings (SSSR count). The van der Waals surface area contributed by atoms with Gasteiger partial charge in [0, 0.05) is 5.56 Å². The van der Waals surface area contributed by atoms with Crippen molar-refractivity contribution in [3.05, 3.63) is 34.9 Å². The summed E-state index contributed by atoms with van der Waals surface area (Å²) in [6.45, 7) is 3.50. The lowest BCUT2D eigenvalue weighted by molar-refractivity contribution is -0.124. The van der Waals surface area contributed by atoms with Gasteiger partial charge in [0.1, 0.15) is 0 Å². The maximum Gasteiger partial charge on any atom is 0.325 e. The molecule has 18 heavy (non-hydrogen) atoms. The predicted molar refractivity (Wildman–Crippen MR) is 65.4 cm³/mol. The second kappa shape index (κ2) is 4.60. The van der Waals surface area contributed by atoms with Crippen molar-refractivity contribution in [2.45, 2.75) is 13.8 Å². The SMILES string of the molecule is Cc1ccc(C)c(C(=O)CN2C(=O)CNC2=O)c1. The Morgan fingerprint density at radius 3 is 2.67 bits per heavy atom. The van der Waals surface area contributed by atoms with E-state index in [1.165, 1.54) is 0 Å². The topological polar surface area (TPSA) is 66.5 Å². The number of hydrogen-bond acceptors (Lipinski definition) is 3. The number of nitrogens with zero attached hydrogens (tertiary/aromatic N) is 1. The molecule has 0 radical (unpaired) electrons. The average Bonchev–Trinajstić information content (AvgIpc) is 2.64. The zero-order valence-corrected chi connectivity index (χ0v) is 10.3. The first-order valence-corrected chi connectivity index (χ1v) is 5.67. The molecule has 1 N–H and O–H groups in total. The maximum atomic E-state index is 12.1. The fourth-order valence-corrected chi connectivity index (χ4v) is 1.88. The van der Waals surface area contributed by atoms with E-state index in [2.05, 4.69) is 5.32 Å². The van der Waals surface area contributed by atoms with E-state index in [4.69, 9.17) is 0 Å². The number of urea groups is 1. The minimum Gasteiger partial charge on any atom is -0.329 e. The van der Waals surface area contributed by atoms with Crippen molar-refractivity contribution in [2.75, 3.05) is 13.1 Å². The van der Waals surface area contributed by atoms with E-state index in [9.17, 15) is 14.4 Å². The minimum absolute atomic E-state index is 0.0289. The molecule has 1 heterocycles. The fraction of sp³-hybridized carbons (Fsp3) is 0.308. The molecule has 1 saturated heterocycles. The van der Waals surface area contributed by atoms with Crippen LogP contribution in [-0.4, -0.2) is 35.7 Å². The monoisotopic (exact) mass is 246 g/mol. The summed E-state index contributed by atoms with van der Waals surface area (Å²) >= 11 is 0. The second-order valence-corrected chi connectivity index (χ2v) is 4.38. The first-order valence-electron chi connectivity index (χ1n) is 5.67. The quantitative estimate of drug-likeness (QED) is 0.640. The molecule has 94 valence electrons. The third-order valence-corrected chi connectivity index (χ3v) is 2.93. The molecule has 0 bridgehead atoms. The number of carbonyl (C=O) groups is 3. The van der Waals surface area contributed by atoms with Gasteiger partial charge in [-0.3, -0.25) is 14.5 Å². The molecule has 3 amide bonds. The molecule has 1 aromatic rings. The number of ketones is 1. The van der Waals surface area contributed by atoms with Gasteiger partial charge in [-0.25, -0.2) is 4.79 Å². The third-order valence-electron chi connectivity index (χ3n) is 2.93. The summed E-state index contributed by atoms with van der Waals surface area (Å²) in [5, 5.41) is 2.39. The zero-order chi connectivity index (χ0) is 13.3. The standard InChI is InChI=1S/C13H14N2O3/c1-8-3-4-9(2)10(5-8)11(16)7-15-12(17)6-14-13(15)18/h3-5H,6-7H2,1-2H3,(H,14,18). The van der Waals surface area contributed by atoms with E-state index >= 15 is 0 Å². The van der Waals surface area contributed by atoms with E-state index in [-0.39, 0.29) is 24.8 Å². The Hall–Kier alpha value is -2.17. The van der Waals surface area contributed by atoms with Crippen LogP contribution >= 0.6 is 0 Å². The van der Waals surface area contributed by atoms with Crippen LogP contribution in [0.25, 0.3) is 0 Å². The van der Waals surface area contributed by atoms with Gasteiger partial charge in [0.25, 0.3) is 0 Å². The summed E-state index contributed by atoms with van der Waals surface area (Å²) in [6.07, 6.45) is 0. The Morgan fingerprint density at radius 2 is 2.06 bits per heavy atom. The van der Waals surface area contributed by atoms with Crippen LogP contribution in [0.2, 0.25) is 0 Å². The number of Topliss-reactive ketones (excluding diaryl/α,β-unsaturated/α-hetero) is 1. The molecule has 0 aromatic heterocycles. The number of hydrogen-bond donors (Lipinski definition) is 1. The van der Waals surface area contributed by atoms with Gasteiger partial charge in [0.15, 0.2) is 5.78 Å². The molecule has 0 aliphatic carbocycles.